The lowest BCUT2D eigenvalue weighted by atomic mass is 10.1. The molecule has 1 aromatic heterocycles. The van der Waals surface area contributed by atoms with Crippen LogP contribution in [-0.4, -0.2) is 62.5 Å². The van der Waals surface area contributed by atoms with Gasteiger partial charge in [-0.3, -0.25) is 24.0 Å². The van der Waals surface area contributed by atoms with E-state index in [4.69, 9.17) is 0 Å². The summed E-state index contributed by atoms with van der Waals surface area (Å²) in [6, 6.07) is 18.2. The van der Waals surface area contributed by atoms with Crippen molar-refractivity contribution in [3.05, 3.63) is 142 Å². The van der Waals surface area contributed by atoms with E-state index in [0.717, 1.165) is 41.1 Å². The van der Waals surface area contributed by atoms with Gasteiger partial charge in [0.2, 0.25) is 0 Å². The first kappa shape index (κ1) is 38.6. The first-order valence-electron chi connectivity index (χ1n) is 15.0. The third kappa shape index (κ3) is 8.21. The van der Waals surface area contributed by atoms with Gasteiger partial charge in [-0.1, -0.05) is 25.3 Å². The molecular formula is C34H27N5O12S3. The molecule has 0 aliphatic rings. The number of benzene rings is 4. The van der Waals surface area contributed by atoms with Gasteiger partial charge in [-0.2, -0.15) is 8.42 Å². The average molecular weight is 794 g/mol. The maximum atomic E-state index is 13.6. The number of H-pyrrole nitrogens is 1. The molecule has 0 aliphatic carbocycles. The Morgan fingerprint density at radius 3 is 1.57 bits per heavy atom. The zero-order chi connectivity index (χ0) is 39.6. The molecule has 1 heterocycles. The minimum atomic E-state index is -4.89. The Labute approximate surface area is 306 Å². The Balaban J connectivity index is 1.57. The summed E-state index contributed by atoms with van der Waals surface area (Å²) in [5, 5.41) is 21.4. The summed E-state index contributed by atoms with van der Waals surface area (Å²) in [5.41, 5.74) is -3.32. The van der Waals surface area contributed by atoms with Crippen LogP contribution in [0.25, 0.3) is 5.69 Å². The Kier molecular flexibility index (Phi) is 10.6. The molecule has 278 valence electrons. The molecule has 0 fully saturated rings. The molecule has 6 N–H and O–H groups in total. The van der Waals surface area contributed by atoms with Gasteiger partial charge in [0.25, 0.3) is 27.5 Å². The number of para-hydroxylation sites is 1. The number of amides is 2. The summed E-state index contributed by atoms with van der Waals surface area (Å²) >= 11 is 0. The number of aromatic nitrogens is 2. The minimum absolute atomic E-state index is 0.0959. The fraction of sp³-hybridized carbons (Fsp3) is 0. The summed E-state index contributed by atoms with van der Waals surface area (Å²) in [5.74, 6) is -3.34. The van der Waals surface area contributed by atoms with Crippen LogP contribution in [0.3, 0.4) is 0 Å². The Morgan fingerprint density at radius 1 is 0.685 bits per heavy atom. The topological polar surface area (TPSA) is 268 Å². The van der Waals surface area contributed by atoms with E-state index < -0.39 is 75.1 Å². The molecule has 2 amide bonds. The van der Waals surface area contributed by atoms with Gasteiger partial charge >= 0.3 is 5.97 Å². The number of hydrogen-bond donors (Lipinski definition) is 6. The smallest absolute Gasteiger partial charge is 0.356 e. The van der Waals surface area contributed by atoms with Crippen LogP contribution in [-0.2, 0) is 29.8 Å². The summed E-state index contributed by atoms with van der Waals surface area (Å²) < 4.78 is 82.7. The molecule has 5 aromatic rings. The van der Waals surface area contributed by atoms with E-state index in [0.29, 0.717) is 4.68 Å². The van der Waals surface area contributed by atoms with E-state index >= 15 is 0 Å². The molecular weight excluding hydrogens is 767 g/mol. The lowest BCUT2D eigenvalue weighted by Gasteiger charge is -2.13. The average Bonchev–Trinajstić information content (AvgIpc) is 3.46. The molecule has 0 radical (unpaired) electrons. The molecule has 0 unspecified atom stereocenters. The van der Waals surface area contributed by atoms with Gasteiger partial charge < -0.3 is 21.1 Å². The zero-order valence-corrected chi connectivity index (χ0v) is 29.8. The number of carboxylic acid groups (broad SMARTS) is 1. The number of aromatic carboxylic acids is 1. The number of carbonyl (C=O) groups is 3. The molecule has 0 aliphatic heterocycles. The molecule has 4 aromatic carbocycles. The summed E-state index contributed by atoms with van der Waals surface area (Å²) in [6.45, 7) is 6.52. The lowest BCUT2D eigenvalue weighted by Crippen LogP contribution is -2.20. The van der Waals surface area contributed by atoms with Crippen LogP contribution in [0.5, 0.6) is 0 Å². The fourth-order valence-electron chi connectivity index (χ4n) is 4.90. The maximum Gasteiger partial charge on any atom is 0.356 e. The van der Waals surface area contributed by atoms with E-state index in [9.17, 15) is 54.1 Å². The first-order chi connectivity index (χ1) is 25.3. The predicted octanol–water partition coefficient (Wildman–Crippen LogP) is 4.19. The highest BCUT2D eigenvalue weighted by Gasteiger charge is 2.25. The van der Waals surface area contributed by atoms with E-state index in [1.807, 2.05) is 0 Å². The van der Waals surface area contributed by atoms with Crippen LogP contribution < -0.4 is 21.5 Å². The van der Waals surface area contributed by atoms with Gasteiger partial charge in [0.05, 0.1) is 15.5 Å². The molecule has 0 saturated carbocycles. The van der Waals surface area contributed by atoms with Gasteiger partial charge in [0.1, 0.15) is 10.6 Å². The minimum Gasteiger partial charge on any atom is -0.476 e. The fourth-order valence-corrected chi connectivity index (χ4v) is 6.99. The Bertz CT molecular complexity index is 2640. The highest BCUT2D eigenvalue weighted by atomic mass is 32.2. The number of carboxylic acids is 1. The lowest BCUT2D eigenvalue weighted by molar-refractivity contribution is 0.0690. The van der Waals surface area contributed by atoms with E-state index in [2.05, 4.69) is 34.2 Å². The number of rotatable bonds is 13. The normalized spacial score (nSPS) is 11.6. The van der Waals surface area contributed by atoms with Crippen molar-refractivity contribution in [3.63, 3.8) is 0 Å². The summed E-state index contributed by atoms with van der Waals surface area (Å²) in [6.07, 6.45) is 0. The van der Waals surface area contributed by atoms with Crippen LogP contribution in [0.15, 0.2) is 134 Å². The van der Waals surface area contributed by atoms with Crippen molar-refractivity contribution in [2.24, 2.45) is 0 Å². The van der Waals surface area contributed by atoms with Crippen LogP contribution in [0.1, 0.15) is 31.2 Å². The quantitative estimate of drug-likeness (QED) is 0.0914. The molecule has 20 heteroatoms. The van der Waals surface area contributed by atoms with Crippen molar-refractivity contribution in [2.75, 3.05) is 16.0 Å². The van der Waals surface area contributed by atoms with Crippen molar-refractivity contribution < 1.29 is 49.3 Å². The van der Waals surface area contributed by atoms with Crippen LogP contribution in [0.2, 0.25) is 0 Å². The number of sulfone groups is 2. The Morgan fingerprint density at radius 2 is 1.15 bits per heavy atom. The standard InChI is InChI=1S/C34H27N5O12S3/c1-3-52(45,46)25-13-9-22(10-14-25)36-31(40)20-17-21(32(41)37-23-11-15-26(16-12-23)53(47,48)4-2)19-24(18-20)35-29-30(34(43)44)38-39(33(29)42)27-7-5-6-8-28(27)54(49,50)51/h3-19,35,38H,1-2H2,(H,36,40)(H,37,41)(H,43,44)(H,49,50,51). The van der Waals surface area contributed by atoms with E-state index in [1.54, 1.807) is 0 Å². The second-order valence-corrected chi connectivity index (χ2v) is 16.2. The molecule has 17 nitrogen and oxygen atoms in total. The Hall–Kier alpha value is -6.61. The van der Waals surface area contributed by atoms with Crippen molar-refractivity contribution in [3.8, 4) is 5.69 Å². The van der Waals surface area contributed by atoms with Crippen molar-refractivity contribution in [1.29, 1.82) is 0 Å². The number of anilines is 4. The second-order valence-electron chi connectivity index (χ2n) is 11.1. The van der Waals surface area contributed by atoms with E-state index in [1.165, 1.54) is 60.7 Å². The monoisotopic (exact) mass is 793 g/mol. The zero-order valence-electron chi connectivity index (χ0n) is 27.4. The highest BCUT2D eigenvalue weighted by Crippen LogP contribution is 2.26. The highest BCUT2D eigenvalue weighted by molar-refractivity contribution is 7.94. The largest absolute Gasteiger partial charge is 0.476 e. The number of nitrogens with zero attached hydrogens (tertiary/aromatic N) is 1. The van der Waals surface area contributed by atoms with Crippen LogP contribution in [0, 0.1) is 0 Å². The third-order valence-corrected chi connectivity index (χ3v) is 11.2. The van der Waals surface area contributed by atoms with Crippen LogP contribution in [0.4, 0.5) is 22.7 Å². The molecule has 54 heavy (non-hydrogen) atoms. The maximum absolute atomic E-state index is 13.6. The SMILES string of the molecule is C=CS(=O)(=O)c1ccc(NC(=O)c2cc(Nc3c(C(=O)O)[nH]n(-c4ccccc4S(=O)(=O)O)c3=O)cc(C(=O)Nc3ccc(S(=O)(=O)C=C)cc3)c2)cc1. The van der Waals surface area contributed by atoms with Crippen molar-refractivity contribution >= 4 is 70.3 Å². The number of carbonyl (C=O) groups excluding carboxylic acids is 2. The second kappa shape index (κ2) is 14.8. The number of nitrogens with one attached hydrogen (secondary N) is 4. The van der Waals surface area contributed by atoms with Crippen molar-refractivity contribution in [1.82, 2.24) is 9.78 Å². The molecule has 5 rings (SSSR count). The molecule has 0 saturated heterocycles. The molecule has 0 spiro atoms. The third-order valence-electron chi connectivity index (χ3n) is 7.54. The van der Waals surface area contributed by atoms with Crippen molar-refractivity contribution in [2.45, 2.75) is 14.7 Å². The number of aromatic amines is 1. The van der Waals surface area contributed by atoms with Gasteiger partial charge in [-0.05, 0) is 78.9 Å². The van der Waals surface area contributed by atoms with E-state index in [-0.39, 0.29) is 38.0 Å². The van der Waals surface area contributed by atoms with Gasteiger partial charge in [0.15, 0.2) is 25.4 Å². The molecule has 0 atom stereocenters. The van der Waals surface area contributed by atoms with Gasteiger partial charge in [-0.25, -0.2) is 26.3 Å². The molecule has 0 bridgehead atoms. The first-order valence-corrected chi connectivity index (χ1v) is 19.5. The van der Waals surface area contributed by atoms with Gasteiger partial charge in [-0.15, -0.1) is 0 Å². The predicted molar refractivity (Wildman–Crippen MR) is 196 cm³/mol. The summed E-state index contributed by atoms with van der Waals surface area (Å²) in [7, 11) is -12.4. The van der Waals surface area contributed by atoms with Gasteiger partial charge in [0, 0.05) is 39.0 Å². The van der Waals surface area contributed by atoms with Crippen LogP contribution >= 0.6 is 0 Å². The summed E-state index contributed by atoms with van der Waals surface area (Å²) in [4.78, 5) is 51.9. The number of hydrogen-bond acceptors (Lipinski definition) is 11.